The Morgan fingerprint density at radius 2 is 0.989 bits per heavy atom. The topological polar surface area (TPSA) is 589 Å². The summed E-state index contributed by atoms with van der Waals surface area (Å²) in [6, 6.07) is 1.39. The summed E-state index contributed by atoms with van der Waals surface area (Å²) >= 11 is 0. The van der Waals surface area contributed by atoms with Gasteiger partial charge in [0, 0.05) is 49.6 Å². The van der Waals surface area contributed by atoms with Gasteiger partial charge in [-0.3, -0.25) is 58.1 Å². The molecule has 89 heavy (non-hydrogen) atoms. The highest BCUT2D eigenvalue weighted by Gasteiger charge is 2.35. The van der Waals surface area contributed by atoms with Crippen LogP contribution >= 0.6 is 0 Å². The number of phenolic OH excluding ortho intramolecular Hbond substituents is 1. The molecule has 0 saturated carbocycles. The van der Waals surface area contributed by atoms with Crippen LogP contribution in [-0.2, 0) is 60.8 Å². The van der Waals surface area contributed by atoms with Crippen LogP contribution in [-0.4, -0.2) is 178 Å². The lowest BCUT2D eigenvalue weighted by atomic mass is 9.98. The van der Waals surface area contributed by atoms with E-state index in [1.807, 2.05) is 6.92 Å². The fraction of sp³-hybridized carbons (Fsp3) is 0.518. The van der Waals surface area contributed by atoms with E-state index < -0.39 is 120 Å². The van der Waals surface area contributed by atoms with Crippen molar-refractivity contribution in [3.63, 3.8) is 0 Å². The van der Waals surface area contributed by atoms with E-state index in [4.69, 9.17) is 45.9 Å². The van der Waals surface area contributed by atoms with Crippen molar-refractivity contribution in [3.05, 3.63) is 65.9 Å². The number of carboxylic acids is 2. The molecule has 0 fully saturated rings. The van der Waals surface area contributed by atoms with Crippen LogP contribution in [0.2, 0.25) is 0 Å². The van der Waals surface area contributed by atoms with Crippen molar-refractivity contribution >= 4 is 88.0 Å². The number of nitrogens with two attached hydrogens (primary N) is 8. The normalized spacial score (nSPS) is 14.0. The summed E-state index contributed by atoms with van der Waals surface area (Å²) in [7, 11) is 0. The number of aromatic nitrogens is 1. The standard InChI is InChI=1S/C56H88N20O13/c1-3-30(2)45(58)52(87)75-40(25-31-17-19-33(77)20-18-31)51(86)73-38(15-9-23-66-55(61)62)49(84)71-37(14-8-22-65-54(59)60)48(83)72-39(16-10-24-67-56(63)64)50(85)74-41(27-44(79)80)46(81)69-29-43(78)70-36(13-6-7-21-57)47(82)76-42(53(88)89)26-32-28-68-35-12-5-4-11-34(32)35/h4-5,11-12,17-20,28,30,36-42,45,68,77H,3,6-10,13-16,21-27,29,57-58H2,1-2H3,(H,69,81)(H,70,78)(H,71,84)(H,72,83)(H,73,86)(H,74,85)(H,75,87)(H,76,82)(H,79,80)(H,88,89)(H4,59,60,65)(H4,61,62,66)(H4,63,64,67)/t30-,36-,37-,38-,39-,40-,41-,42-,45-/m0/s1. The first kappa shape index (κ1) is 73.5. The molecule has 0 aliphatic carbocycles. The Kier molecular flexibility index (Phi) is 31.7. The number of carboxylic acid groups (broad SMARTS) is 2. The monoisotopic (exact) mass is 1250 g/mol. The SMILES string of the molecule is CC[C@H](C)[C@H](N)C(=O)N[C@@H](Cc1ccc(O)cc1)C(=O)N[C@@H](CCCN=C(N)N)C(=O)N[C@@H](CCCN=C(N)N)C(=O)N[C@@H](CCCN=C(N)N)C(=O)N[C@@H](CC(=O)O)C(=O)NCC(=O)N[C@@H](CCCCN)C(=O)N[C@@H](Cc1c[nH]c2ccccc12)C(=O)O. The molecule has 0 spiro atoms. The highest BCUT2D eigenvalue weighted by atomic mass is 16.4. The number of phenols is 1. The van der Waals surface area contributed by atoms with Crippen LogP contribution in [0.3, 0.4) is 0 Å². The van der Waals surface area contributed by atoms with Gasteiger partial charge in [-0.15, -0.1) is 0 Å². The molecule has 0 aliphatic rings. The Balaban J connectivity index is 1.91. The van der Waals surface area contributed by atoms with E-state index in [1.165, 1.54) is 24.3 Å². The minimum atomic E-state index is -1.90. The summed E-state index contributed by atoms with van der Waals surface area (Å²) in [6.07, 6.45) is 1.17. The Morgan fingerprint density at radius 3 is 1.46 bits per heavy atom. The van der Waals surface area contributed by atoms with Gasteiger partial charge in [-0.2, -0.15) is 0 Å². The summed E-state index contributed by atoms with van der Waals surface area (Å²) in [4.78, 5) is 151. The van der Waals surface area contributed by atoms with Gasteiger partial charge in [-0.1, -0.05) is 50.6 Å². The van der Waals surface area contributed by atoms with E-state index in [1.54, 1.807) is 37.4 Å². The number of benzene rings is 2. The highest BCUT2D eigenvalue weighted by Crippen LogP contribution is 2.20. The zero-order chi connectivity index (χ0) is 66.2. The minimum Gasteiger partial charge on any atom is -0.508 e. The average molecular weight is 1250 g/mol. The van der Waals surface area contributed by atoms with Gasteiger partial charge in [0.15, 0.2) is 17.9 Å². The number of amides is 8. The molecule has 0 aliphatic heterocycles. The summed E-state index contributed by atoms with van der Waals surface area (Å²) in [5.41, 5.74) is 47.0. The van der Waals surface area contributed by atoms with Gasteiger partial charge in [0.1, 0.15) is 48.0 Å². The van der Waals surface area contributed by atoms with Gasteiger partial charge >= 0.3 is 11.9 Å². The van der Waals surface area contributed by atoms with Crippen LogP contribution in [0.1, 0.15) is 95.6 Å². The summed E-state index contributed by atoms with van der Waals surface area (Å²) in [6.45, 7) is 2.83. The van der Waals surface area contributed by atoms with Gasteiger partial charge < -0.3 is 109 Å². The van der Waals surface area contributed by atoms with Crippen LogP contribution in [0.5, 0.6) is 5.75 Å². The zero-order valence-corrected chi connectivity index (χ0v) is 50.0. The Bertz CT molecular complexity index is 2940. The minimum absolute atomic E-state index is 0.00196. The molecule has 1 heterocycles. The van der Waals surface area contributed by atoms with E-state index in [0.717, 1.165) is 10.9 Å². The maximum atomic E-state index is 14.5. The number of hydrogen-bond donors (Lipinski definition) is 20. The van der Waals surface area contributed by atoms with Crippen LogP contribution < -0.4 is 88.4 Å². The Hall–Kier alpha value is -9.79. The molecule has 0 bridgehead atoms. The molecule has 3 aromatic rings. The number of unbranched alkanes of at least 4 members (excludes halogenated alkanes) is 1. The number of aliphatic imine (C=N–C) groups is 3. The molecule has 490 valence electrons. The number of aromatic hydroxyl groups is 1. The van der Waals surface area contributed by atoms with E-state index in [-0.39, 0.29) is 114 Å². The molecule has 8 amide bonds. The van der Waals surface area contributed by atoms with Crippen LogP contribution in [0.15, 0.2) is 69.7 Å². The smallest absolute Gasteiger partial charge is 0.326 e. The number of carbonyl (C=O) groups is 10. The third-order valence-corrected chi connectivity index (χ3v) is 14.1. The van der Waals surface area contributed by atoms with Crippen molar-refractivity contribution in [1.29, 1.82) is 0 Å². The molecule has 28 N–H and O–H groups in total. The number of H-pyrrole nitrogens is 1. The van der Waals surface area contributed by atoms with E-state index >= 15 is 0 Å². The Labute approximate surface area is 514 Å². The number of nitrogens with zero attached hydrogens (tertiary/aromatic N) is 3. The summed E-state index contributed by atoms with van der Waals surface area (Å²) < 4.78 is 0. The molecule has 0 saturated heterocycles. The van der Waals surface area contributed by atoms with E-state index in [0.29, 0.717) is 30.4 Å². The number of rotatable bonds is 41. The number of para-hydroxylation sites is 1. The van der Waals surface area contributed by atoms with Crippen molar-refractivity contribution < 1.29 is 63.3 Å². The first-order valence-corrected chi connectivity index (χ1v) is 29.0. The molecule has 0 radical (unpaired) electrons. The van der Waals surface area contributed by atoms with Crippen molar-refractivity contribution in [3.8, 4) is 5.75 Å². The zero-order valence-electron chi connectivity index (χ0n) is 50.0. The van der Waals surface area contributed by atoms with Crippen molar-refractivity contribution in [1.82, 2.24) is 47.5 Å². The number of fused-ring (bicyclic) bond motifs is 1. The number of carbonyl (C=O) groups excluding carboxylic acids is 8. The number of aromatic amines is 1. The lowest BCUT2D eigenvalue weighted by molar-refractivity contribution is -0.142. The second-order valence-electron chi connectivity index (χ2n) is 21.1. The maximum absolute atomic E-state index is 14.5. The first-order chi connectivity index (χ1) is 42.2. The van der Waals surface area contributed by atoms with Crippen LogP contribution in [0.25, 0.3) is 10.9 Å². The van der Waals surface area contributed by atoms with E-state index in [9.17, 15) is 63.3 Å². The predicted molar refractivity (Wildman–Crippen MR) is 330 cm³/mol. The molecule has 33 nitrogen and oxygen atoms in total. The van der Waals surface area contributed by atoms with Crippen molar-refractivity contribution in [2.45, 2.75) is 146 Å². The van der Waals surface area contributed by atoms with Gasteiger partial charge in [-0.25, -0.2) is 4.79 Å². The first-order valence-electron chi connectivity index (χ1n) is 29.0. The van der Waals surface area contributed by atoms with Gasteiger partial charge in [-0.05, 0) is 99.6 Å². The fourth-order valence-corrected chi connectivity index (χ4v) is 8.94. The van der Waals surface area contributed by atoms with Crippen LogP contribution in [0, 0.1) is 5.92 Å². The molecule has 3 rings (SSSR count). The van der Waals surface area contributed by atoms with Gasteiger partial charge in [0.2, 0.25) is 47.3 Å². The van der Waals surface area contributed by atoms with Crippen molar-refractivity contribution in [2.24, 2.45) is 66.8 Å². The number of nitrogens with one attached hydrogen (secondary N) is 9. The predicted octanol–water partition coefficient (Wildman–Crippen LogP) is -4.61. The lowest BCUT2D eigenvalue weighted by Gasteiger charge is -2.28. The number of guanidine groups is 3. The number of aliphatic carboxylic acids is 2. The lowest BCUT2D eigenvalue weighted by Crippen LogP contribution is -2.60. The summed E-state index contributed by atoms with van der Waals surface area (Å²) in [5, 5.41) is 50.6. The largest absolute Gasteiger partial charge is 0.508 e. The summed E-state index contributed by atoms with van der Waals surface area (Å²) in [5.74, 6) is -11.7. The maximum Gasteiger partial charge on any atom is 0.326 e. The molecular formula is C56H88N20O13. The number of hydrogen-bond acceptors (Lipinski definition) is 16. The molecule has 0 unspecified atom stereocenters. The third-order valence-electron chi connectivity index (χ3n) is 14.1. The Morgan fingerprint density at radius 1 is 0.539 bits per heavy atom. The van der Waals surface area contributed by atoms with Gasteiger partial charge in [0.25, 0.3) is 0 Å². The molecule has 2 aromatic carbocycles. The van der Waals surface area contributed by atoms with Crippen molar-refractivity contribution in [2.75, 3.05) is 32.7 Å². The average Bonchev–Trinajstić information content (AvgIpc) is 2.75. The second kappa shape index (κ2) is 38.4. The molecule has 33 heteroatoms. The molecule has 1 aromatic heterocycles. The fourth-order valence-electron chi connectivity index (χ4n) is 8.94. The third kappa shape index (κ3) is 27.2. The quantitative estimate of drug-likeness (QED) is 0.0144. The second-order valence-corrected chi connectivity index (χ2v) is 21.1. The molecule has 9 atom stereocenters. The highest BCUT2D eigenvalue weighted by molar-refractivity contribution is 5.98. The van der Waals surface area contributed by atoms with E-state index in [2.05, 4.69) is 62.5 Å². The van der Waals surface area contributed by atoms with Crippen LogP contribution in [0.4, 0.5) is 0 Å². The molecular weight excluding hydrogens is 1160 g/mol. The van der Waals surface area contributed by atoms with Gasteiger partial charge in [0.05, 0.1) is 19.0 Å².